The van der Waals surface area contributed by atoms with Crippen LogP contribution in [0.1, 0.15) is 18.4 Å². The zero-order valence-electron chi connectivity index (χ0n) is 9.77. The van der Waals surface area contributed by atoms with E-state index in [1.54, 1.807) is 6.07 Å². The summed E-state index contributed by atoms with van der Waals surface area (Å²) >= 11 is 0. The van der Waals surface area contributed by atoms with Crippen molar-refractivity contribution in [3.05, 3.63) is 29.6 Å². The van der Waals surface area contributed by atoms with Crippen molar-refractivity contribution >= 4 is 0 Å². The van der Waals surface area contributed by atoms with Gasteiger partial charge in [0.2, 0.25) is 0 Å². The molecular formula is C13H17FO3. The first kappa shape index (κ1) is 12.3. The summed E-state index contributed by atoms with van der Waals surface area (Å²) in [5.74, 6) is -0.0443. The van der Waals surface area contributed by atoms with Gasteiger partial charge in [0, 0.05) is 6.42 Å². The number of halogens is 1. The van der Waals surface area contributed by atoms with Crippen LogP contribution < -0.4 is 4.74 Å². The average Bonchev–Trinajstić information content (AvgIpc) is 3.12. The molecule has 2 atom stereocenters. The Bertz CT molecular complexity index is 390. The van der Waals surface area contributed by atoms with Crippen LogP contribution in [-0.2, 0) is 6.42 Å². The van der Waals surface area contributed by atoms with Gasteiger partial charge < -0.3 is 14.9 Å². The first-order valence-corrected chi connectivity index (χ1v) is 5.80. The van der Waals surface area contributed by atoms with Gasteiger partial charge in [-0.2, -0.15) is 0 Å². The summed E-state index contributed by atoms with van der Waals surface area (Å²) < 4.78 is 18.2. The second kappa shape index (κ2) is 5.02. The predicted octanol–water partition coefficient (Wildman–Crippen LogP) is 1.51. The van der Waals surface area contributed by atoms with E-state index < -0.39 is 18.0 Å². The molecule has 0 heterocycles. The Labute approximate surface area is 99.8 Å². The van der Waals surface area contributed by atoms with Gasteiger partial charge in [0.05, 0.1) is 19.3 Å². The van der Waals surface area contributed by atoms with Gasteiger partial charge in [0.1, 0.15) is 0 Å². The fraction of sp³-hybridized carbons (Fsp3) is 0.538. The molecule has 2 N–H and O–H groups in total. The highest BCUT2D eigenvalue weighted by atomic mass is 19.1. The van der Waals surface area contributed by atoms with Crippen LogP contribution >= 0.6 is 0 Å². The molecule has 1 aliphatic rings. The number of ether oxygens (including phenoxy) is 1. The van der Waals surface area contributed by atoms with Gasteiger partial charge in [-0.15, -0.1) is 0 Å². The molecule has 1 saturated carbocycles. The fourth-order valence-corrected chi connectivity index (χ4v) is 1.95. The number of aliphatic hydroxyl groups is 2. The molecule has 4 heteroatoms. The molecule has 1 aromatic carbocycles. The zero-order valence-corrected chi connectivity index (χ0v) is 9.77. The van der Waals surface area contributed by atoms with E-state index >= 15 is 0 Å². The Hall–Kier alpha value is -1.13. The molecule has 0 radical (unpaired) electrons. The van der Waals surface area contributed by atoms with Crippen LogP contribution in [0.15, 0.2) is 18.2 Å². The lowest BCUT2D eigenvalue weighted by atomic mass is 10.0. The molecular weight excluding hydrogens is 223 g/mol. The summed E-state index contributed by atoms with van der Waals surface area (Å²) in [7, 11) is 1.41. The van der Waals surface area contributed by atoms with Crippen LogP contribution in [0, 0.1) is 11.7 Å². The summed E-state index contributed by atoms with van der Waals surface area (Å²) in [6.07, 6.45) is 0.679. The van der Waals surface area contributed by atoms with E-state index in [2.05, 4.69) is 0 Å². The maximum atomic E-state index is 13.4. The number of methoxy groups -OCH3 is 1. The van der Waals surface area contributed by atoms with E-state index in [4.69, 9.17) is 4.74 Å². The summed E-state index contributed by atoms with van der Waals surface area (Å²) in [6, 6.07) is 4.56. The van der Waals surface area contributed by atoms with E-state index in [9.17, 15) is 14.6 Å². The molecule has 17 heavy (non-hydrogen) atoms. The van der Waals surface area contributed by atoms with E-state index in [-0.39, 0.29) is 18.1 Å². The van der Waals surface area contributed by atoms with Crippen LogP contribution in [0.4, 0.5) is 4.39 Å². The lowest BCUT2D eigenvalue weighted by Gasteiger charge is -2.17. The van der Waals surface area contributed by atoms with Gasteiger partial charge in [0.15, 0.2) is 11.6 Å². The van der Waals surface area contributed by atoms with Crippen LogP contribution in [0.25, 0.3) is 0 Å². The van der Waals surface area contributed by atoms with Gasteiger partial charge in [-0.1, -0.05) is 6.07 Å². The van der Waals surface area contributed by atoms with Crippen LogP contribution in [0.2, 0.25) is 0 Å². The van der Waals surface area contributed by atoms with Crippen molar-refractivity contribution in [3.8, 4) is 5.75 Å². The number of hydrogen-bond acceptors (Lipinski definition) is 3. The van der Waals surface area contributed by atoms with Crippen LogP contribution in [0.5, 0.6) is 5.75 Å². The predicted molar refractivity (Wildman–Crippen MR) is 61.4 cm³/mol. The molecule has 1 fully saturated rings. The Morgan fingerprint density at radius 1 is 1.41 bits per heavy atom. The number of hydrogen-bond donors (Lipinski definition) is 2. The quantitative estimate of drug-likeness (QED) is 0.820. The minimum Gasteiger partial charge on any atom is -0.494 e. The minimum atomic E-state index is -0.824. The molecule has 3 nitrogen and oxygen atoms in total. The first-order chi connectivity index (χ1) is 8.11. The molecule has 0 saturated heterocycles. The molecule has 0 aliphatic heterocycles. The van der Waals surface area contributed by atoms with Crippen molar-refractivity contribution in [2.75, 3.05) is 7.11 Å². The molecule has 1 aromatic rings. The Morgan fingerprint density at radius 2 is 2.12 bits per heavy atom. The highest BCUT2D eigenvalue weighted by Gasteiger charge is 2.34. The van der Waals surface area contributed by atoms with Crippen molar-refractivity contribution in [2.24, 2.45) is 5.92 Å². The van der Waals surface area contributed by atoms with Crippen molar-refractivity contribution in [1.29, 1.82) is 0 Å². The number of rotatable bonds is 5. The molecule has 94 valence electrons. The molecule has 0 amide bonds. The van der Waals surface area contributed by atoms with Gasteiger partial charge >= 0.3 is 0 Å². The van der Waals surface area contributed by atoms with Gasteiger partial charge in [-0.25, -0.2) is 4.39 Å². The average molecular weight is 240 g/mol. The summed E-state index contributed by atoms with van der Waals surface area (Å²) in [5, 5.41) is 19.5. The second-order valence-electron chi connectivity index (χ2n) is 4.57. The lowest BCUT2D eigenvalue weighted by Crippen LogP contribution is -2.29. The molecule has 0 spiro atoms. The third kappa shape index (κ3) is 2.96. The van der Waals surface area contributed by atoms with Crippen molar-refractivity contribution in [2.45, 2.75) is 31.5 Å². The fourth-order valence-electron chi connectivity index (χ4n) is 1.95. The van der Waals surface area contributed by atoms with E-state index in [1.165, 1.54) is 19.2 Å². The van der Waals surface area contributed by atoms with Crippen molar-refractivity contribution in [3.63, 3.8) is 0 Å². The summed E-state index contributed by atoms with van der Waals surface area (Å²) in [4.78, 5) is 0. The molecule has 0 bridgehead atoms. The summed E-state index contributed by atoms with van der Waals surface area (Å²) in [5.41, 5.74) is 0.663. The first-order valence-electron chi connectivity index (χ1n) is 5.80. The van der Waals surface area contributed by atoms with E-state index in [1.807, 2.05) is 0 Å². The van der Waals surface area contributed by atoms with Gasteiger partial charge in [-0.05, 0) is 36.5 Å². The van der Waals surface area contributed by atoms with Gasteiger partial charge in [-0.3, -0.25) is 0 Å². The lowest BCUT2D eigenvalue weighted by molar-refractivity contribution is 0.00669. The highest BCUT2D eigenvalue weighted by Crippen LogP contribution is 2.34. The summed E-state index contributed by atoms with van der Waals surface area (Å²) in [6.45, 7) is 0. The second-order valence-corrected chi connectivity index (χ2v) is 4.57. The third-order valence-electron chi connectivity index (χ3n) is 3.16. The Balaban J connectivity index is 2.00. The minimum absolute atomic E-state index is 0.186. The van der Waals surface area contributed by atoms with Gasteiger partial charge in [0.25, 0.3) is 0 Å². The van der Waals surface area contributed by atoms with E-state index in [0.29, 0.717) is 5.56 Å². The smallest absolute Gasteiger partial charge is 0.165 e. The van der Waals surface area contributed by atoms with Crippen LogP contribution in [-0.4, -0.2) is 29.5 Å². The van der Waals surface area contributed by atoms with Crippen LogP contribution in [0.3, 0.4) is 0 Å². The SMILES string of the molecule is COc1ccc(CC(O)C(O)C2CC2)cc1F. The zero-order chi connectivity index (χ0) is 12.4. The largest absolute Gasteiger partial charge is 0.494 e. The topological polar surface area (TPSA) is 49.7 Å². The molecule has 0 aromatic heterocycles. The van der Waals surface area contributed by atoms with Crippen molar-refractivity contribution < 1.29 is 19.3 Å². The monoisotopic (exact) mass is 240 g/mol. The van der Waals surface area contributed by atoms with Crippen molar-refractivity contribution in [1.82, 2.24) is 0 Å². The normalized spacial score (nSPS) is 18.8. The maximum absolute atomic E-state index is 13.4. The van der Waals surface area contributed by atoms with E-state index in [0.717, 1.165) is 12.8 Å². The molecule has 2 rings (SSSR count). The Morgan fingerprint density at radius 3 is 2.65 bits per heavy atom. The number of benzene rings is 1. The molecule has 1 aliphatic carbocycles. The standard InChI is InChI=1S/C13H17FO3/c1-17-12-5-2-8(6-10(12)14)7-11(15)13(16)9-3-4-9/h2,5-6,9,11,13,15-16H,3-4,7H2,1H3. The number of aliphatic hydroxyl groups excluding tert-OH is 2. The highest BCUT2D eigenvalue weighted by molar-refractivity contribution is 5.29. The maximum Gasteiger partial charge on any atom is 0.165 e. The molecule has 2 unspecified atom stereocenters. The third-order valence-corrected chi connectivity index (χ3v) is 3.16. The Kier molecular flexibility index (Phi) is 3.64.